The zero-order valence-electron chi connectivity index (χ0n) is 5.47. The quantitative estimate of drug-likeness (QED) is 0.357. The first kappa shape index (κ1) is 8.21. The van der Waals surface area contributed by atoms with Crippen LogP contribution in [0.15, 0.2) is 6.07 Å². The van der Waals surface area contributed by atoms with Crippen LogP contribution in [0.1, 0.15) is 11.4 Å². The first-order valence-corrected chi connectivity index (χ1v) is 2.22. The molecule has 0 atom stereocenters. The van der Waals surface area contributed by atoms with E-state index in [1.165, 1.54) is 0 Å². The molecule has 1 aromatic heterocycles. The standard InChI is InChI=1S/C5H7N2.Na/c1-4-3-5(2)7-6-4;/h3H,1-2H3;/q-1;+1. The minimum Gasteiger partial charge on any atom is -0.579 e. The average molecular weight is 118 g/mol. The molecule has 1 aromatic rings. The second kappa shape index (κ2) is 3.28. The first-order valence-electron chi connectivity index (χ1n) is 2.22. The second-order valence-electron chi connectivity index (χ2n) is 1.63. The number of hydrogen-bond donors (Lipinski definition) is 0. The van der Waals surface area contributed by atoms with Crippen LogP contribution in [0.3, 0.4) is 0 Å². The van der Waals surface area contributed by atoms with Crippen LogP contribution in [0, 0.1) is 13.8 Å². The van der Waals surface area contributed by atoms with E-state index in [9.17, 15) is 0 Å². The zero-order chi connectivity index (χ0) is 5.28. The molecule has 1 heterocycles. The molecule has 0 spiro atoms. The van der Waals surface area contributed by atoms with Crippen LogP contribution in [-0.2, 0) is 0 Å². The molecule has 0 bridgehead atoms. The summed E-state index contributed by atoms with van der Waals surface area (Å²) in [6.45, 7) is 3.86. The van der Waals surface area contributed by atoms with Gasteiger partial charge in [0.25, 0.3) is 0 Å². The fraction of sp³-hybridized carbons (Fsp3) is 0.400. The minimum atomic E-state index is 0. The Labute approximate surface area is 71.0 Å². The van der Waals surface area contributed by atoms with Gasteiger partial charge in [-0.2, -0.15) is 0 Å². The SMILES string of the molecule is Cc1cc(C)[n-]n1.[Na+]. The zero-order valence-corrected chi connectivity index (χ0v) is 7.47. The summed E-state index contributed by atoms with van der Waals surface area (Å²) in [6, 6.07) is 1.94. The van der Waals surface area contributed by atoms with Crippen LogP contribution in [0.4, 0.5) is 0 Å². The van der Waals surface area contributed by atoms with Gasteiger partial charge in [0.1, 0.15) is 0 Å². The molecule has 3 heteroatoms. The predicted octanol–water partition coefficient (Wildman–Crippen LogP) is -2.34. The summed E-state index contributed by atoms with van der Waals surface area (Å²) in [7, 11) is 0. The van der Waals surface area contributed by atoms with Crippen molar-refractivity contribution in [2.24, 2.45) is 0 Å². The van der Waals surface area contributed by atoms with Crippen molar-refractivity contribution in [3.05, 3.63) is 17.5 Å². The van der Waals surface area contributed by atoms with E-state index in [-0.39, 0.29) is 29.6 Å². The molecule has 0 fully saturated rings. The molecule has 0 radical (unpaired) electrons. The summed E-state index contributed by atoms with van der Waals surface area (Å²) >= 11 is 0. The Bertz CT molecular complexity index is 143. The topological polar surface area (TPSA) is 27.0 Å². The molecule has 8 heavy (non-hydrogen) atoms. The molecule has 0 N–H and O–H groups in total. The van der Waals surface area contributed by atoms with E-state index >= 15 is 0 Å². The maximum Gasteiger partial charge on any atom is 1.00 e. The van der Waals surface area contributed by atoms with Gasteiger partial charge in [-0.15, -0.1) is 5.69 Å². The number of rotatable bonds is 0. The fourth-order valence-corrected chi connectivity index (χ4v) is 0.518. The Morgan fingerprint density at radius 2 is 2.12 bits per heavy atom. The molecule has 0 saturated heterocycles. The van der Waals surface area contributed by atoms with Crippen molar-refractivity contribution in [3.8, 4) is 0 Å². The molecular formula is C5H7N2Na. The number of hydrogen-bond acceptors (Lipinski definition) is 1. The minimum absolute atomic E-state index is 0. The van der Waals surface area contributed by atoms with Crippen LogP contribution in [0.25, 0.3) is 0 Å². The van der Waals surface area contributed by atoms with Crippen molar-refractivity contribution in [3.63, 3.8) is 0 Å². The number of aryl methyl sites for hydroxylation is 2. The molecule has 1 rings (SSSR count). The first-order chi connectivity index (χ1) is 3.29. The van der Waals surface area contributed by atoms with E-state index in [2.05, 4.69) is 10.2 Å². The summed E-state index contributed by atoms with van der Waals surface area (Å²) in [5.74, 6) is 0. The van der Waals surface area contributed by atoms with Gasteiger partial charge in [0.2, 0.25) is 0 Å². The van der Waals surface area contributed by atoms with Gasteiger partial charge in [0, 0.05) is 5.69 Å². The van der Waals surface area contributed by atoms with Crippen LogP contribution >= 0.6 is 0 Å². The third-order valence-corrected chi connectivity index (χ3v) is 0.783. The molecular weight excluding hydrogens is 111 g/mol. The van der Waals surface area contributed by atoms with Crippen molar-refractivity contribution in [2.75, 3.05) is 0 Å². The largest absolute Gasteiger partial charge is 1.00 e. The molecule has 0 aromatic carbocycles. The van der Waals surface area contributed by atoms with Gasteiger partial charge >= 0.3 is 29.6 Å². The molecule has 0 aliphatic heterocycles. The van der Waals surface area contributed by atoms with Crippen LogP contribution in [0.2, 0.25) is 0 Å². The molecule has 0 aliphatic rings. The Morgan fingerprint density at radius 3 is 2.25 bits per heavy atom. The van der Waals surface area contributed by atoms with Crippen molar-refractivity contribution in [1.82, 2.24) is 10.2 Å². The second-order valence-corrected chi connectivity index (χ2v) is 1.63. The molecule has 38 valence electrons. The molecule has 0 unspecified atom stereocenters. The van der Waals surface area contributed by atoms with Gasteiger partial charge in [-0.1, -0.05) is 13.0 Å². The third kappa shape index (κ3) is 1.99. The van der Waals surface area contributed by atoms with Crippen LogP contribution in [-0.4, -0.2) is 5.10 Å². The smallest absolute Gasteiger partial charge is 0.579 e. The predicted molar refractivity (Wildman–Crippen MR) is 27.0 cm³/mol. The van der Waals surface area contributed by atoms with Gasteiger partial charge in [-0.25, -0.2) is 0 Å². The number of nitrogens with zero attached hydrogens (tertiary/aromatic N) is 2. The van der Waals surface area contributed by atoms with Crippen molar-refractivity contribution in [1.29, 1.82) is 0 Å². The Kier molecular flexibility index (Phi) is 3.36. The average Bonchev–Trinajstić information content (AvgIpc) is 1.87. The van der Waals surface area contributed by atoms with Gasteiger partial charge < -0.3 is 10.2 Å². The van der Waals surface area contributed by atoms with Gasteiger partial charge in [-0.05, 0) is 6.92 Å². The summed E-state index contributed by atoms with van der Waals surface area (Å²) in [5, 5.41) is 7.53. The normalized spacial score (nSPS) is 8.25. The monoisotopic (exact) mass is 118 g/mol. The number of aromatic nitrogens is 2. The van der Waals surface area contributed by atoms with E-state index in [0.29, 0.717) is 0 Å². The van der Waals surface area contributed by atoms with E-state index in [1.807, 2.05) is 19.9 Å². The van der Waals surface area contributed by atoms with Crippen molar-refractivity contribution < 1.29 is 29.6 Å². The Hall–Kier alpha value is 0.210. The Balaban J connectivity index is 0.000000490. The maximum atomic E-state index is 3.77. The molecule has 2 nitrogen and oxygen atoms in total. The third-order valence-electron chi connectivity index (χ3n) is 0.783. The van der Waals surface area contributed by atoms with E-state index in [4.69, 9.17) is 0 Å². The summed E-state index contributed by atoms with van der Waals surface area (Å²) in [4.78, 5) is 0. The van der Waals surface area contributed by atoms with Crippen molar-refractivity contribution >= 4 is 0 Å². The van der Waals surface area contributed by atoms with Crippen molar-refractivity contribution in [2.45, 2.75) is 13.8 Å². The molecule has 0 saturated carbocycles. The van der Waals surface area contributed by atoms with E-state index in [0.717, 1.165) is 11.4 Å². The van der Waals surface area contributed by atoms with Gasteiger partial charge in [-0.3, -0.25) is 0 Å². The van der Waals surface area contributed by atoms with Gasteiger partial charge in [0.05, 0.1) is 0 Å². The van der Waals surface area contributed by atoms with E-state index in [1.54, 1.807) is 0 Å². The summed E-state index contributed by atoms with van der Waals surface area (Å²) < 4.78 is 0. The van der Waals surface area contributed by atoms with Crippen LogP contribution in [0.5, 0.6) is 0 Å². The molecule has 0 aliphatic carbocycles. The molecule has 0 amide bonds. The fourth-order valence-electron chi connectivity index (χ4n) is 0.518. The van der Waals surface area contributed by atoms with E-state index < -0.39 is 0 Å². The Morgan fingerprint density at radius 1 is 1.50 bits per heavy atom. The van der Waals surface area contributed by atoms with Crippen LogP contribution < -0.4 is 34.7 Å². The summed E-state index contributed by atoms with van der Waals surface area (Å²) in [6.07, 6.45) is 0. The maximum absolute atomic E-state index is 3.77. The summed E-state index contributed by atoms with van der Waals surface area (Å²) in [5.41, 5.74) is 2.00. The van der Waals surface area contributed by atoms with Gasteiger partial charge in [0.15, 0.2) is 0 Å².